The number of aromatic nitrogens is 4. The fourth-order valence-electron chi connectivity index (χ4n) is 1.45. The molecule has 3 aromatic rings. The molecule has 0 aliphatic carbocycles. The van der Waals surface area contributed by atoms with Crippen LogP contribution < -0.4 is 0 Å². The third-order valence-corrected chi connectivity index (χ3v) is 2.25. The van der Waals surface area contributed by atoms with Gasteiger partial charge in [0.25, 0.3) is 0 Å². The van der Waals surface area contributed by atoms with E-state index in [1.54, 1.807) is 30.9 Å². The number of fused-ring (bicyclic) bond motifs is 1. The molecule has 0 aromatic carbocycles. The first kappa shape index (κ1) is 7.87. The average Bonchev–Trinajstić information content (AvgIpc) is 2.40. The van der Waals surface area contributed by atoms with Crippen LogP contribution in [0.1, 0.15) is 1.37 Å². The summed E-state index contributed by atoms with van der Waals surface area (Å²) in [5.41, 5.74) is 1.53. The van der Waals surface area contributed by atoms with Gasteiger partial charge in [-0.1, -0.05) is 0 Å². The van der Waals surface area contributed by atoms with Crippen LogP contribution in [0.3, 0.4) is 0 Å². The molecule has 4 nitrogen and oxygen atoms in total. The molecular formula is C12H8N4. The average molecular weight is 209 g/mol. The maximum atomic E-state index is 7.86. The Hall–Kier alpha value is -2.36. The minimum absolute atomic E-state index is 0.212. The lowest BCUT2D eigenvalue weighted by Crippen LogP contribution is -1.90. The first-order chi connectivity index (χ1) is 8.34. The predicted octanol–water partition coefficient (Wildman–Crippen LogP) is 2.09. The largest absolute Gasteiger partial charge is 0.265 e. The minimum Gasteiger partial charge on any atom is -0.265 e. The van der Waals surface area contributed by atoms with E-state index >= 15 is 0 Å². The molecule has 0 radical (unpaired) electrons. The van der Waals surface area contributed by atoms with Gasteiger partial charge in [-0.25, -0.2) is 9.97 Å². The van der Waals surface area contributed by atoms with Crippen molar-refractivity contribution in [2.75, 3.05) is 0 Å². The molecule has 0 unspecified atom stereocenters. The quantitative estimate of drug-likeness (QED) is 0.615. The number of rotatable bonds is 1. The fourth-order valence-corrected chi connectivity index (χ4v) is 1.45. The van der Waals surface area contributed by atoms with Crippen LogP contribution in [0.4, 0.5) is 0 Å². The zero-order chi connectivity index (χ0) is 11.7. The Morgan fingerprint density at radius 1 is 1.00 bits per heavy atom. The molecule has 0 aliphatic heterocycles. The third-order valence-electron chi connectivity index (χ3n) is 2.25. The van der Waals surface area contributed by atoms with E-state index in [0.717, 1.165) is 5.56 Å². The summed E-state index contributed by atoms with van der Waals surface area (Å²) in [6.45, 7) is 0. The van der Waals surface area contributed by atoms with Crippen LogP contribution in [0, 0.1) is 0 Å². The molecule has 3 rings (SSSR count). The van der Waals surface area contributed by atoms with E-state index < -0.39 is 0 Å². The van der Waals surface area contributed by atoms with Gasteiger partial charge < -0.3 is 0 Å². The van der Waals surface area contributed by atoms with Crippen LogP contribution in [0.25, 0.3) is 22.3 Å². The van der Waals surface area contributed by atoms with Gasteiger partial charge in [0.2, 0.25) is 0 Å². The van der Waals surface area contributed by atoms with E-state index in [4.69, 9.17) is 1.37 Å². The Kier molecular flexibility index (Phi) is 1.80. The van der Waals surface area contributed by atoms with Crippen LogP contribution in [-0.2, 0) is 0 Å². The van der Waals surface area contributed by atoms with Crippen molar-refractivity contribution in [1.29, 1.82) is 0 Å². The second-order valence-electron chi connectivity index (χ2n) is 3.29. The maximum absolute atomic E-state index is 7.86. The van der Waals surface area contributed by atoms with Gasteiger partial charge in [-0.2, -0.15) is 0 Å². The van der Waals surface area contributed by atoms with Crippen LogP contribution in [0.2, 0.25) is 0 Å². The first-order valence-corrected chi connectivity index (χ1v) is 4.83. The van der Waals surface area contributed by atoms with Crippen molar-refractivity contribution in [3.63, 3.8) is 0 Å². The normalized spacial score (nSPS) is 11.4. The molecule has 0 fully saturated rings. The SMILES string of the molecule is [2H]c1nc(-c2ccncc2)nc2cnccc12. The molecule has 0 amide bonds. The highest BCUT2D eigenvalue weighted by atomic mass is 14.9. The summed E-state index contributed by atoms with van der Waals surface area (Å²) in [4.78, 5) is 16.5. The molecule has 0 saturated carbocycles. The van der Waals surface area contributed by atoms with E-state index in [1.165, 1.54) is 0 Å². The second kappa shape index (κ2) is 3.66. The number of nitrogens with zero attached hydrogens (tertiary/aromatic N) is 4. The van der Waals surface area contributed by atoms with Crippen molar-refractivity contribution in [1.82, 2.24) is 19.9 Å². The molecule has 0 bridgehead atoms. The zero-order valence-electron chi connectivity index (χ0n) is 9.33. The van der Waals surface area contributed by atoms with E-state index in [0.29, 0.717) is 16.7 Å². The molecule has 16 heavy (non-hydrogen) atoms. The van der Waals surface area contributed by atoms with Crippen molar-refractivity contribution in [2.24, 2.45) is 0 Å². The van der Waals surface area contributed by atoms with E-state index in [9.17, 15) is 0 Å². The summed E-state index contributed by atoms with van der Waals surface area (Å²) in [6.07, 6.45) is 6.84. The van der Waals surface area contributed by atoms with Gasteiger partial charge in [0.15, 0.2) is 5.82 Å². The molecular weight excluding hydrogens is 200 g/mol. The third kappa shape index (κ3) is 1.50. The molecule has 3 aromatic heterocycles. The van der Waals surface area contributed by atoms with E-state index in [1.807, 2.05) is 12.1 Å². The van der Waals surface area contributed by atoms with Crippen LogP contribution in [-0.4, -0.2) is 19.9 Å². The zero-order valence-corrected chi connectivity index (χ0v) is 8.33. The minimum atomic E-state index is 0.212. The topological polar surface area (TPSA) is 51.6 Å². The Morgan fingerprint density at radius 2 is 1.81 bits per heavy atom. The van der Waals surface area contributed by atoms with Gasteiger partial charge in [-0.05, 0) is 18.2 Å². The standard InChI is InChI=1S/C12H8N4/c1-4-13-5-2-9(1)12-15-7-10-3-6-14-8-11(10)16-12/h1-8H/i7D. The predicted molar refractivity (Wildman–Crippen MR) is 60.6 cm³/mol. The number of hydrogen-bond donors (Lipinski definition) is 0. The Morgan fingerprint density at radius 3 is 2.69 bits per heavy atom. The summed E-state index contributed by atoms with van der Waals surface area (Å²) in [7, 11) is 0. The van der Waals surface area contributed by atoms with Gasteiger partial charge >= 0.3 is 0 Å². The molecule has 0 atom stereocenters. The lowest BCUT2D eigenvalue weighted by atomic mass is 10.2. The first-order valence-electron chi connectivity index (χ1n) is 5.33. The highest BCUT2D eigenvalue weighted by molar-refractivity contribution is 5.78. The van der Waals surface area contributed by atoms with E-state index in [-0.39, 0.29) is 6.17 Å². The van der Waals surface area contributed by atoms with Gasteiger partial charge in [0, 0.05) is 35.7 Å². The summed E-state index contributed by atoms with van der Waals surface area (Å²) in [5, 5.41) is 0.706. The van der Waals surface area contributed by atoms with Gasteiger partial charge in [0.1, 0.15) is 0 Å². The molecule has 4 heteroatoms. The molecule has 0 spiro atoms. The highest BCUT2D eigenvalue weighted by Crippen LogP contribution is 2.16. The van der Waals surface area contributed by atoms with Crippen molar-refractivity contribution < 1.29 is 1.37 Å². The summed E-state index contributed by atoms with van der Waals surface area (Å²) in [5.74, 6) is 0.526. The monoisotopic (exact) mass is 209 g/mol. The molecule has 3 heterocycles. The van der Waals surface area contributed by atoms with Crippen molar-refractivity contribution in [2.45, 2.75) is 0 Å². The van der Waals surface area contributed by atoms with Crippen molar-refractivity contribution in [3.05, 3.63) is 49.2 Å². The maximum Gasteiger partial charge on any atom is 0.159 e. The van der Waals surface area contributed by atoms with Crippen LogP contribution >= 0.6 is 0 Å². The van der Waals surface area contributed by atoms with Gasteiger partial charge in [0.05, 0.1) is 13.1 Å². The van der Waals surface area contributed by atoms with Crippen molar-refractivity contribution in [3.8, 4) is 11.4 Å². The summed E-state index contributed by atoms with van der Waals surface area (Å²) < 4.78 is 7.86. The molecule has 76 valence electrons. The van der Waals surface area contributed by atoms with Crippen LogP contribution in [0.15, 0.2) is 49.2 Å². The van der Waals surface area contributed by atoms with Gasteiger partial charge in [-0.15, -0.1) is 0 Å². The fraction of sp³-hybridized carbons (Fsp3) is 0. The van der Waals surface area contributed by atoms with E-state index in [2.05, 4.69) is 19.9 Å². The Balaban J connectivity index is 2.26. The highest BCUT2D eigenvalue weighted by Gasteiger charge is 2.01. The van der Waals surface area contributed by atoms with Crippen molar-refractivity contribution >= 4 is 10.9 Å². The Bertz CT molecular complexity index is 670. The second-order valence-corrected chi connectivity index (χ2v) is 3.29. The van der Waals surface area contributed by atoms with Gasteiger partial charge in [-0.3, -0.25) is 9.97 Å². The smallest absolute Gasteiger partial charge is 0.159 e. The number of pyridine rings is 2. The summed E-state index contributed by atoms with van der Waals surface area (Å²) >= 11 is 0. The lowest BCUT2D eigenvalue weighted by Gasteiger charge is -2.00. The molecule has 0 aliphatic rings. The Labute approximate surface area is 93.5 Å². The lowest BCUT2D eigenvalue weighted by molar-refractivity contribution is 1.20. The molecule has 0 N–H and O–H groups in total. The summed E-state index contributed by atoms with van der Waals surface area (Å²) in [6, 6.07) is 5.38. The number of hydrogen-bond acceptors (Lipinski definition) is 4. The van der Waals surface area contributed by atoms with Crippen LogP contribution in [0.5, 0.6) is 0 Å². The molecule has 0 saturated heterocycles.